The predicted molar refractivity (Wildman–Crippen MR) is 82.1 cm³/mol. The molecule has 0 N–H and O–H groups in total. The van der Waals surface area contributed by atoms with E-state index in [1.54, 1.807) is 7.11 Å². The van der Waals surface area contributed by atoms with Gasteiger partial charge in [-0.2, -0.15) is 0 Å². The smallest absolute Gasteiger partial charge is 0.181 e. The third-order valence-electron chi connectivity index (χ3n) is 3.86. The topological polar surface area (TPSA) is 38.8 Å². The molecule has 0 amide bonds. The summed E-state index contributed by atoms with van der Waals surface area (Å²) in [6.07, 6.45) is 0. The molecule has 2 aromatic carbocycles. The molecule has 0 spiro atoms. The average Bonchev–Trinajstić information content (AvgIpc) is 2.54. The number of methoxy groups -OCH3 is 1. The molecule has 0 unspecified atom stereocenters. The number of carbonyl (C=O) groups is 1. The minimum absolute atomic E-state index is 0.102. The molecule has 2 aromatic rings. The van der Waals surface area contributed by atoms with Crippen LogP contribution in [0.5, 0.6) is 5.75 Å². The number of hydrogen-bond donors (Lipinski definition) is 0. The molecule has 4 nitrogen and oxygen atoms in total. The maximum atomic E-state index is 12.7. The molecule has 21 heavy (non-hydrogen) atoms. The zero-order chi connectivity index (χ0) is 14.7. The Labute approximate surface area is 124 Å². The van der Waals surface area contributed by atoms with Crippen LogP contribution < -0.4 is 4.74 Å². The SMILES string of the molecule is COc1ccc2ccccc2c1C(=O)CN1CCOCC1. The molecule has 0 bridgehead atoms. The van der Waals surface area contributed by atoms with Crippen LogP contribution >= 0.6 is 0 Å². The first kappa shape index (κ1) is 14.0. The number of ether oxygens (including phenoxy) is 2. The summed E-state index contributed by atoms with van der Waals surface area (Å²) in [4.78, 5) is 14.9. The molecular formula is C17H19NO3. The lowest BCUT2D eigenvalue weighted by Crippen LogP contribution is -2.39. The zero-order valence-corrected chi connectivity index (χ0v) is 12.2. The molecule has 1 aliphatic rings. The lowest BCUT2D eigenvalue weighted by molar-refractivity contribution is 0.0371. The Balaban J connectivity index is 1.95. The number of rotatable bonds is 4. The molecule has 0 radical (unpaired) electrons. The Morgan fingerprint density at radius 2 is 1.95 bits per heavy atom. The lowest BCUT2D eigenvalue weighted by atomic mass is 10.00. The number of Topliss-reactive ketones (excluding diaryl/α,β-unsaturated/α-hetero) is 1. The summed E-state index contributed by atoms with van der Waals surface area (Å²) in [7, 11) is 1.61. The number of hydrogen-bond acceptors (Lipinski definition) is 4. The van der Waals surface area contributed by atoms with Crippen LogP contribution in [0.1, 0.15) is 10.4 Å². The van der Waals surface area contributed by atoms with Gasteiger partial charge in [0, 0.05) is 13.1 Å². The second-order valence-corrected chi connectivity index (χ2v) is 5.18. The van der Waals surface area contributed by atoms with Gasteiger partial charge in [0.25, 0.3) is 0 Å². The second-order valence-electron chi connectivity index (χ2n) is 5.18. The first-order chi connectivity index (χ1) is 10.3. The molecule has 1 saturated heterocycles. The number of carbonyl (C=O) groups excluding carboxylic acids is 1. The van der Waals surface area contributed by atoms with E-state index < -0.39 is 0 Å². The van der Waals surface area contributed by atoms with Crippen LogP contribution in [0.15, 0.2) is 36.4 Å². The van der Waals surface area contributed by atoms with Crippen molar-refractivity contribution in [2.75, 3.05) is 40.0 Å². The van der Waals surface area contributed by atoms with Gasteiger partial charge in [0.05, 0.1) is 32.4 Å². The van der Waals surface area contributed by atoms with E-state index in [4.69, 9.17) is 9.47 Å². The maximum Gasteiger partial charge on any atom is 0.181 e. The van der Waals surface area contributed by atoms with Gasteiger partial charge < -0.3 is 9.47 Å². The molecule has 110 valence electrons. The summed E-state index contributed by atoms with van der Waals surface area (Å²) in [5.74, 6) is 0.748. The van der Waals surface area contributed by atoms with Gasteiger partial charge in [0.2, 0.25) is 0 Å². The van der Waals surface area contributed by atoms with Crippen LogP contribution in [0.4, 0.5) is 0 Å². The Morgan fingerprint density at radius 1 is 1.19 bits per heavy atom. The van der Waals surface area contributed by atoms with Crippen molar-refractivity contribution in [3.05, 3.63) is 42.0 Å². The third-order valence-corrected chi connectivity index (χ3v) is 3.86. The average molecular weight is 285 g/mol. The van der Waals surface area contributed by atoms with E-state index >= 15 is 0 Å². The van der Waals surface area contributed by atoms with Crippen molar-refractivity contribution in [3.63, 3.8) is 0 Å². The minimum atomic E-state index is 0.102. The molecule has 0 aromatic heterocycles. The van der Waals surface area contributed by atoms with Crippen molar-refractivity contribution in [2.45, 2.75) is 0 Å². The highest BCUT2D eigenvalue weighted by molar-refractivity contribution is 6.11. The van der Waals surface area contributed by atoms with Gasteiger partial charge >= 0.3 is 0 Å². The van der Waals surface area contributed by atoms with Crippen LogP contribution in [0, 0.1) is 0 Å². The normalized spacial score (nSPS) is 16.0. The van der Waals surface area contributed by atoms with Crippen LogP contribution in [0.3, 0.4) is 0 Å². The van der Waals surface area contributed by atoms with E-state index in [0.717, 1.165) is 23.9 Å². The maximum absolute atomic E-state index is 12.7. The van der Waals surface area contributed by atoms with Gasteiger partial charge in [-0.05, 0) is 16.8 Å². The van der Waals surface area contributed by atoms with Gasteiger partial charge in [-0.25, -0.2) is 0 Å². The quantitative estimate of drug-likeness (QED) is 0.808. The van der Waals surface area contributed by atoms with Crippen molar-refractivity contribution in [3.8, 4) is 5.75 Å². The first-order valence-corrected chi connectivity index (χ1v) is 7.18. The number of nitrogens with zero attached hydrogens (tertiary/aromatic N) is 1. The van der Waals surface area contributed by atoms with Gasteiger partial charge in [-0.15, -0.1) is 0 Å². The van der Waals surface area contributed by atoms with Crippen molar-refractivity contribution < 1.29 is 14.3 Å². The fourth-order valence-electron chi connectivity index (χ4n) is 2.75. The number of fused-ring (bicyclic) bond motifs is 1. The number of benzene rings is 2. The molecule has 3 rings (SSSR count). The third kappa shape index (κ3) is 2.91. The molecule has 0 saturated carbocycles. The van der Waals surface area contributed by atoms with Gasteiger partial charge in [-0.1, -0.05) is 30.3 Å². The zero-order valence-electron chi connectivity index (χ0n) is 12.2. The van der Waals surface area contributed by atoms with E-state index in [9.17, 15) is 4.79 Å². The molecular weight excluding hydrogens is 266 g/mol. The summed E-state index contributed by atoms with van der Waals surface area (Å²) in [5, 5.41) is 2.01. The van der Waals surface area contributed by atoms with Crippen molar-refractivity contribution in [1.82, 2.24) is 4.90 Å². The molecule has 1 fully saturated rings. The lowest BCUT2D eigenvalue weighted by Gasteiger charge is -2.26. The number of ketones is 1. The Morgan fingerprint density at radius 3 is 2.71 bits per heavy atom. The predicted octanol–water partition coefficient (Wildman–Crippen LogP) is 2.36. The summed E-state index contributed by atoms with van der Waals surface area (Å²) in [6.45, 7) is 3.41. The summed E-state index contributed by atoms with van der Waals surface area (Å²) < 4.78 is 10.7. The first-order valence-electron chi connectivity index (χ1n) is 7.18. The molecule has 0 aliphatic carbocycles. The van der Waals surface area contributed by atoms with Gasteiger partial charge in [0.1, 0.15) is 5.75 Å². The monoisotopic (exact) mass is 285 g/mol. The Bertz CT molecular complexity index is 648. The van der Waals surface area contributed by atoms with Gasteiger partial charge in [-0.3, -0.25) is 9.69 Å². The summed E-state index contributed by atoms with van der Waals surface area (Å²) in [5.41, 5.74) is 0.682. The summed E-state index contributed by atoms with van der Waals surface area (Å²) in [6, 6.07) is 11.8. The molecule has 1 aliphatic heterocycles. The van der Waals surface area contributed by atoms with Crippen LogP contribution in [-0.2, 0) is 4.74 Å². The Kier molecular flexibility index (Phi) is 4.18. The molecule has 1 heterocycles. The summed E-state index contributed by atoms with van der Waals surface area (Å²) >= 11 is 0. The molecule has 0 atom stereocenters. The van der Waals surface area contributed by atoms with E-state index in [2.05, 4.69) is 4.90 Å². The van der Waals surface area contributed by atoms with Crippen LogP contribution in [0.2, 0.25) is 0 Å². The van der Waals surface area contributed by atoms with Crippen molar-refractivity contribution >= 4 is 16.6 Å². The van der Waals surface area contributed by atoms with Crippen LogP contribution in [-0.4, -0.2) is 50.6 Å². The van der Waals surface area contributed by atoms with Gasteiger partial charge in [0.15, 0.2) is 5.78 Å². The van der Waals surface area contributed by atoms with E-state index in [1.807, 2.05) is 36.4 Å². The van der Waals surface area contributed by atoms with E-state index in [0.29, 0.717) is 31.1 Å². The van der Waals surface area contributed by atoms with Crippen molar-refractivity contribution in [1.29, 1.82) is 0 Å². The largest absolute Gasteiger partial charge is 0.496 e. The van der Waals surface area contributed by atoms with E-state index in [1.165, 1.54) is 0 Å². The Hall–Kier alpha value is -1.91. The fourth-order valence-corrected chi connectivity index (χ4v) is 2.75. The highest BCUT2D eigenvalue weighted by Crippen LogP contribution is 2.28. The highest BCUT2D eigenvalue weighted by Gasteiger charge is 2.20. The number of morpholine rings is 1. The fraction of sp³-hybridized carbons (Fsp3) is 0.353. The molecule has 4 heteroatoms. The van der Waals surface area contributed by atoms with Crippen LogP contribution in [0.25, 0.3) is 10.8 Å². The highest BCUT2D eigenvalue weighted by atomic mass is 16.5. The van der Waals surface area contributed by atoms with Crippen molar-refractivity contribution in [2.24, 2.45) is 0 Å². The minimum Gasteiger partial charge on any atom is -0.496 e. The van der Waals surface area contributed by atoms with E-state index in [-0.39, 0.29) is 5.78 Å². The standard InChI is InChI=1S/C17H19NO3/c1-20-16-7-6-13-4-2-3-5-14(13)17(16)15(19)12-18-8-10-21-11-9-18/h2-7H,8-12H2,1H3. The second kappa shape index (κ2) is 6.24.